The normalized spacial score (nSPS) is 12.4. The zero-order chi connectivity index (χ0) is 9.84. The highest BCUT2D eigenvalue weighted by molar-refractivity contribution is 5.69. The van der Waals surface area contributed by atoms with Crippen LogP contribution in [0.15, 0.2) is 24.3 Å². The van der Waals surface area contributed by atoms with Gasteiger partial charge in [-0.2, -0.15) is 0 Å². The molecule has 0 aliphatic rings. The summed E-state index contributed by atoms with van der Waals surface area (Å²) in [7, 11) is 0. The van der Waals surface area contributed by atoms with Crippen LogP contribution < -0.4 is 0 Å². The SMILES string of the molecule is CC(Cc1cccc(O)c1)C(=O)O. The highest BCUT2D eigenvalue weighted by Crippen LogP contribution is 2.14. The Morgan fingerprint density at radius 1 is 1.54 bits per heavy atom. The van der Waals surface area contributed by atoms with Gasteiger partial charge in [0.2, 0.25) is 0 Å². The fourth-order valence-corrected chi connectivity index (χ4v) is 1.12. The van der Waals surface area contributed by atoms with Crippen LogP contribution in [0.25, 0.3) is 0 Å². The molecule has 0 radical (unpaired) electrons. The molecular formula is C10H12O3. The van der Waals surface area contributed by atoms with E-state index in [4.69, 9.17) is 10.2 Å². The Morgan fingerprint density at radius 2 is 2.23 bits per heavy atom. The zero-order valence-corrected chi connectivity index (χ0v) is 7.40. The van der Waals surface area contributed by atoms with E-state index >= 15 is 0 Å². The lowest BCUT2D eigenvalue weighted by molar-refractivity contribution is -0.141. The van der Waals surface area contributed by atoms with E-state index in [1.54, 1.807) is 31.2 Å². The van der Waals surface area contributed by atoms with Crippen molar-refractivity contribution in [2.75, 3.05) is 0 Å². The molecule has 70 valence electrons. The van der Waals surface area contributed by atoms with Crippen molar-refractivity contribution in [1.29, 1.82) is 0 Å². The Labute approximate surface area is 76.6 Å². The molecule has 0 saturated heterocycles. The molecular weight excluding hydrogens is 168 g/mol. The first-order valence-corrected chi connectivity index (χ1v) is 4.10. The molecule has 0 fully saturated rings. The van der Waals surface area contributed by atoms with Gasteiger partial charge in [0.15, 0.2) is 0 Å². The van der Waals surface area contributed by atoms with E-state index in [1.807, 2.05) is 0 Å². The van der Waals surface area contributed by atoms with Crippen molar-refractivity contribution >= 4 is 5.97 Å². The Balaban J connectivity index is 2.69. The number of phenolic OH excluding ortho intramolecular Hbond substituents is 1. The number of carboxylic acid groups (broad SMARTS) is 1. The smallest absolute Gasteiger partial charge is 0.306 e. The van der Waals surface area contributed by atoms with Crippen molar-refractivity contribution in [3.8, 4) is 5.75 Å². The van der Waals surface area contributed by atoms with Crippen LogP contribution in [0.4, 0.5) is 0 Å². The Morgan fingerprint density at radius 3 is 2.77 bits per heavy atom. The molecule has 1 aromatic rings. The molecule has 0 amide bonds. The fraction of sp³-hybridized carbons (Fsp3) is 0.300. The van der Waals surface area contributed by atoms with Gasteiger partial charge in [0.05, 0.1) is 5.92 Å². The molecule has 2 N–H and O–H groups in total. The number of hydrogen-bond acceptors (Lipinski definition) is 2. The molecule has 3 nitrogen and oxygen atoms in total. The predicted molar refractivity (Wildman–Crippen MR) is 48.6 cm³/mol. The average molecular weight is 180 g/mol. The molecule has 0 aromatic heterocycles. The summed E-state index contributed by atoms with van der Waals surface area (Å²) in [5.74, 6) is -1.06. The van der Waals surface area contributed by atoms with Crippen molar-refractivity contribution in [1.82, 2.24) is 0 Å². The maximum Gasteiger partial charge on any atom is 0.306 e. The van der Waals surface area contributed by atoms with Gasteiger partial charge in [-0.05, 0) is 24.1 Å². The van der Waals surface area contributed by atoms with Crippen LogP contribution in [0.3, 0.4) is 0 Å². The molecule has 0 saturated carbocycles. The van der Waals surface area contributed by atoms with Gasteiger partial charge in [-0.3, -0.25) is 4.79 Å². The first-order valence-electron chi connectivity index (χ1n) is 4.10. The lowest BCUT2D eigenvalue weighted by Gasteiger charge is -2.05. The number of benzene rings is 1. The quantitative estimate of drug-likeness (QED) is 0.743. The summed E-state index contributed by atoms with van der Waals surface area (Å²) in [4.78, 5) is 10.5. The highest BCUT2D eigenvalue weighted by atomic mass is 16.4. The van der Waals surface area contributed by atoms with Gasteiger partial charge in [-0.1, -0.05) is 19.1 Å². The van der Waals surface area contributed by atoms with E-state index in [0.717, 1.165) is 5.56 Å². The summed E-state index contributed by atoms with van der Waals surface area (Å²) in [5.41, 5.74) is 0.843. The lowest BCUT2D eigenvalue weighted by atomic mass is 10.0. The predicted octanol–water partition coefficient (Wildman–Crippen LogP) is 1.66. The first-order chi connectivity index (χ1) is 6.09. The topological polar surface area (TPSA) is 57.5 Å². The van der Waals surface area contributed by atoms with Gasteiger partial charge in [0, 0.05) is 0 Å². The van der Waals surface area contributed by atoms with Gasteiger partial charge >= 0.3 is 5.97 Å². The minimum atomic E-state index is -0.816. The van der Waals surface area contributed by atoms with Gasteiger partial charge < -0.3 is 10.2 Å². The van der Waals surface area contributed by atoms with Gasteiger partial charge in [-0.15, -0.1) is 0 Å². The van der Waals surface area contributed by atoms with Crippen molar-refractivity contribution < 1.29 is 15.0 Å². The molecule has 0 heterocycles. The first kappa shape index (κ1) is 9.58. The van der Waals surface area contributed by atoms with Crippen LogP contribution in [-0.4, -0.2) is 16.2 Å². The fourth-order valence-electron chi connectivity index (χ4n) is 1.12. The molecule has 0 bridgehead atoms. The van der Waals surface area contributed by atoms with Crippen molar-refractivity contribution in [2.24, 2.45) is 5.92 Å². The molecule has 1 aromatic carbocycles. The maximum absolute atomic E-state index is 10.5. The molecule has 1 atom stereocenters. The monoisotopic (exact) mass is 180 g/mol. The number of carboxylic acids is 1. The Bertz CT molecular complexity index is 307. The third-order valence-electron chi connectivity index (χ3n) is 1.87. The van der Waals surface area contributed by atoms with Gasteiger partial charge in [-0.25, -0.2) is 0 Å². The maximum atomic E-state index is 10.5. The van der Waals surface area contributed by atoms with Crippen LogP contribution in [0.1, 0.15) is 12.5 Å². The number of hydrogen-bond donors (Lipinski definition) is 2. The molecule has 0 aliphatic carbocycles. The van der Waals surface area contributed by atoms with E-state index < -0.39 is 11.9 Å². The summed E-state index contributed by atoms with van der Waals surface area (Å²) in [6.45, 7) is 1.65. The van der Waals surface area contributed by atoms with E-state index in [9.17, 15) is 4.79 Å². The zero-order valence-electron chi connectivity index (χ0n) is 7.40. The van der Waals surface area contributed by atoms with E-state index in [-0.39, 0.29) is 5.75 Å². The largest absolute Gasteiger partial charge is 0.508 e. The van der Waals surface area contributed by atoms with Gasteiger partial charge in [0.1, 0.15) is 5.75 Å². The summed E-state index contributed by atoms with van der Waals surface area (Å²) >= 11 is 0. The van der Waals surface area contributed by atoms with Crippen LogP contribution >= 0.6 is 0 Å². The third kappa shape index (κ3) is 2.78. The van der Waals surface area contributed by atoms with Crippen molar-refractivity contribution in [2.45, 2.75) is 13.3 Å². The summed E-state index contributed by atoms with van der Waals surface area (Å²) in [6, 6.07) is 6.66. The Hall–Kier alpha value is -1.51. The second kappa shape index (κ2) is 3.94. The molecule has 13 heavy (non-hydrogen) atoms. The van der Waals surface area contributed by atoms with Crippen molar-refractivity contribution in [3.63, 3.8) is 0 Å². The standard InChI is InChI=1S/C10H12O3/c1-7(10(12)13)5-8-3-2-4-9(11)6-8/h2-4,6-7,11H,5H2,1H3,(H,12,13). The molecule has 1 rings (SSSR count). The van der Waals surface area contributed by atoms with E-state index in [0.29, 0.717) is 6.42 Å². The molecule has 0 aliphatic heterocycles. The van der Waals surface area contributed by atoms with E-state index in [2.05, 4.69) is 0 Å². The lowest BCUT2D eigenvalue weighted by Crippen LogP contribution is -2.11. The van der Waals surface area contributed by atoms with Crippen LogP contribution in [0.5, 0.6) is 5.75 Å². The summed E-state index contributed by atoms with van der Waals surface area (Å²) < 4.78 is 0. The minimum absolute atomic E-state index is 0.176. The van der Waals surface area contributed by atoms with Crippen LogP contribution in [0.2, 0.25) is 0 Å². The van der Waals surface area contributed by atoms with Crippen LogP contribution in [-0.2, 0) is 11.2 Å². The summed E-state index contributed by atoms with van der Waals surface area (Å²) in [5, 5.41) is 17.8. The highest BCUT2D eigenvalue weighted by Gasteiger charge is 2.11. The molecule has 1 unspecified atom stereocenters. The number of aliphatic carboxylic acids is 1. The molecule has 3 heteroatoms. The van der Waals surface area contributed by atoms with E-state index in [1.165, 1.54) is 0 Å². The number of aromatic hydroxyl groups is 1. The second-order valence-corrected chi connectivity index (χ2v) is 3.11. The Kier molecular flexibility index (Phi) is 2.90. The minimum Gasteiger partial charge on any atom is -0.508 e. The van der Waals surface area contributed by atoms with Gasteiger partial charge in [0.25, 0.3) is 0 Å². The average Bonchev–Trinajstić information content (AvgIpc) is 2.04. The third-order valence-corrected chi connectivity index (χ3v) is 1.87. The van der Waals surface area contributed by atoms with Crippen molar-refractivity contribution in [3.05, 3.63) is 29.8 Å². The molecule has 0 spiro atoms. The second-order valence-electron chi connectivity index (χ2n) is 3.11. The number of rotatable bonds is 3. The number of carbonyl (C=O) groups is 1. The summed E-state index contributed by atoms with van der Waals surface area (Å²) in [6.07, 6.45) is 0.448. The number of phenols is 1. The van der Waals surface area contributed by atoms with Crippen LogP contribution in [0, 0.1) is 5.92 Å².